The Balaban J connectivity index is 2.58. The molecule has 1 heterocycles. The highest BCUT2D eigenvalue weighted by Gasteiger charge is 2.42. The normalized spacial score (nSPS) is 22.9. The molecule has 20 heavy (non-hydrogen) atoms. The van der Waals surface area contributed by atoms with E-state index in [0.717, 1.165) is 19.5 Å². The number of nitrogens with one attached hydrogen (secondary N) is 1. The smallest absolute Gasteiger partial charge is 0.214 e. The van der Waals surface area contributed by atoms with Crippen LogP contribution in [-0.4, -0.2) is 55.9 Å². The number of hydrogen-bond donors (Lipinski definition) is 1. The summed E-state index contributed by atoms with van der Waals surface area (Å²) in [6.45, 7) is 12.5. The fraction of sp³-hybridized carbons (Fsp3) is 1.00. The summed E-state index contributed by atoms with van der Waals surface area (Å²) in [5.74, 6) is 0.227. The SMILES string of the molecule is CCNCCCCS(=O)(=O)N1CC(C)(C)OC(C)(C)C1. The van der Waals surface area contributed by atoms with Crippen molar-refractivity contribution in [2.45, 2.75) is 58.7 Å². The topological polar surface area (TPSA) is 58.6 Å². The van der Waals surface area contributed by atoms with Crippen molar-refractivity contribution in [3.63, 3.8) is 0 Å². The standard InChI is InChI=1S/C14H30N2O3S/c1-6-15-9-7-8-10-20(17,18)16-11-13(2,3)19-14(4,5)12-16/h15H,6-12H2,1-5H3. The van der Waals surface area contributed by atoms with E-state index in [1.54, 1.807) is 4.31 Å². The first kappa shape index (κ1) is 17.9. The van der Waals surface area contributed by atoms with E-state index in [9.17, 15) is 8.42 Å². The van der Waals surface area contributed by atoms with Crippen molar-refractivity contribution in [2.75, 3.05) is 31.9 Å². The summed E-state index contributed by atoms with van der Waals surface area (Å²) in [6, 6.07) is 0. The lowest BCUT2D eigenvalue weighted by molar-refractivity contribution is -0.163. The molecule has 0 aromatic carbocycles. The van der Waals surface area contributed by atoms with Crippen molar-refractivity contribution in [2.24, 2.45) is 0 Å². The second-order valence-electron chi connectivity index (χ2n) is 6.77. The Morgan fingerprint density at radius 1 is 1.10 bits per heavy atom. The van der Waals surface area contributed by atoms with E-state index in [1.165, 1.54) is 0 Å². The van der Waals surface area contributed by atoms with Gasteiger partial charge >= 0.3 is 0 Å². The Morgan fingerprint density at radius 3 is 2.15 bits per heavy atom. The molecule has 0 atom stereocenters. The van der Waals surface area contributed by atoms with Crippen molar-refractivity contribution >= 4 is 10.0 Å². The molecule has 1 aliphatic heterocycles. The van der Waals surface area contributed by atoms with Crippen molar-refractivity contribution in [1.82, 2.24) is 9.62 Å². The quantitative estimate of drug-likeness (QED) is 0.726. The Kier molecular flexibility index (Phi) is 6.01. The van der Waals surface area contributed by atoms with E-state index >= 15 is 0 Å². The summed E-state index contributed by atoms with van der Waals surface area (Å²) in [7, 11) is -3.19. The van der Waals surface area contributed by atoms with Crippen LogP contribution in [0.3, 0.4) is 0 Å². The van der Waals surface area contributed by atoms with Crippen LogP contribution in [0.1, 0.15) is 47.5 Å². The number of rotatable bonds is 7. The molecule has 0 aromatic rings. The predicted molar refractivity (Wildman–Crippen MR) is 82.4 cm³/mol. The van der Waals surface area contributed by atoms with Gasteiger partial charge in [0.1, 0.15) is 0 Å². The van der Waals surface area contributed by atoms with E-state index < -0.39 is 21.2 Å². The van der Waals surface area contributed by atoms with E-state index in [-0.39, 0.29) is 5.75 Å². The van der Waals surface area contributed by atoms with Crippen LogP contribution >= 0.6 is 0 Å². The maximum atomic E-state index is 12.4. The van der Waals surface area contributed by atoms with Gasteiger partial charge in [-0.05, 0) is 53.6 Å². The minimum atomic E-state index is -3.19. The third-order valence-corrected chi connectivity index (χ3v) is 5.17. The molecule has 1 N–H and O–H groups in total. The first-order valence-electron chi connectivity index (χ1n) is 7.47. The Morgan fingerprint density at radius 2 is 1.65 bits per heavy atom. The maximum Gasteiger partial charge on any atom is 0.214 e. The number of sulfonamides is 1. The van der Waals surface area contributed by atoms with Gasteiger partial charge < -0.3 is 10.1 Å². The van der Waals surface area contributed by atoms with Crippen LogP contribution < -0.4 is 5.32 Å². The van der Waals surface area contributed by atoms with Crippen LogP contribution in [0, 0.1) is 0 Å². The van der Waals surface area contributed by atoms with Gasteiger partial charge in [0.25, 0.3) is 0 Å². The lowest BCUT2D eigenvalue weighted by Crippen LogP contribution is -2.58. The molecule has 0 spiro atoms. The van der Waals surface area contributed by atoms with Gasteiger partial charge in [-0.3, -0.25) is 0 Å². The minimum Gasteiger partial charge on any atom is -0.367 e. The average Bonchev–Trinajstić information content (AvgIpc) is 2.24. The maximum absolute atomic E-state index is 12.4. The third kappa shape index (κ3) is 5.68. The molecule has 0 bridgehead atoms. The van der Waals surface area contributed by atoms with E-state index in [1.807, 2.05) is 27.7 Å². The number of ether oxygens (including phenoxy) is 1. The summed E-state index contributed by atoms with van der Waals surface area (Å²) in [4.78, 5) is 0. The van der Waals surface area contributed by atoms with Gasteiger partial charge in [-0.1, -0.05) is 6.92 Å². The minimum absolute atomic E-state index is 0.227. The van der Waals surface area contributed by atoms with Gasteiger partial charge in [-0.2, -0.15) is 4.31 Å². The number of morpholine rings is 1. The zero-order chi connectivity index (χ0) is 15.4. The number of hydrogen-bond acceptors (Lipinski definition) is 4. The third-order valence-electron chi connectivity index (χ3n) is 3.32. The van der Waals surface area contributed by atoms with Crippen molar-refractivity contribution in [3.8, 4) is 0 Å². The van der Waals surface area contributed by atoms with Gasteiger partial charge in [0.05, 0.1) is 17.0 Å². The molecule has 1 rings (SSSR count). The van der Waals surface area contributed by atoms with E-state index in [4.69, 9.17) is 4.74 Å². The van der Waals surface area contributed by atoms with Crippen molar-refractivity contribution in [3.05, 3.63) is 0 Å². The molecule has 0 saturated carbocycles. The Labute approximate surface area is 124 Å². The van der Waals surface area contributed by atoms with Crippen LogP contribution in [0.5, 0.6) is 0 Å². The lowest BCUT2D eigenvalue weighted by Gasteiger charge is -2.46. The van der Waals surface area contributed by atoms with Gasteiger partial charge in [0.15, 0.2) is 0 Å². The van der Waals surface area contributed by atoms with Crippen LogP contribution in [0.15, 0.2) is 0 Å². The van der Waals surface area contributed by atoms with Crippen LogP contribution in [0.2, 0.25) is 0 Å². The second-order valence-corrected chi connectivity index (χ2v) is 8.85. The highest BCUT2D eigenvalue weighted by Crippen LogP contribution is 2.29. The number of nitrogens with zero attached hydrogens (tertiary/aromatic N) is 1. The summed E-state index contributed by atoms with van der Waals surface area (Å²) in [5, 5.41) is 3.21. The van der Waals surface area contributed by atoms with Crippen LogP contribution in [0.4, 0.5) is 0 Å². The first-order valence-corrected chi connectivity index (χ1v) is 9.08. The number of unbranched alkanes of at least 4 members (excludes halogenated alkanes) is 1. The Bertz CT molecular complexity index is 389. The van der Waals surface area contributed by atoms with Crippen molar-refractivity contribution < 1.29 is 13.2 Å². The molecule has 1 fully saturated rings. The highest BCUT2D eigenvalue weighted by molar-refractivity contribution is 7.89. The molecule has 5 nitrogen and oxygen atoms in total. The molecule has 0 radical (unpaired) electrons. The summed E-state index contributed by atoms with van der Waals surface area (Å²) in [5.41, 5.74) is -0.864. The molecule has 1 saturated heterocycles. The molecule has 0 unspecified atom stereocenters. The summed E-state index contributed by atoms with van der Waals surface area (Å²) >= 11 is 0. The molecular formula is C14H30N2O3S. The largest absolute Gasteiger partial charge is 0.367 e. The van der Waals surface area contributed by atoms with Gasteiger partial charge in [-0.25, -0.2) is 8.42 Å². The lowest BCUT2D eigenvalue weighted by atomic mass is 10.0. The van der Waals surface area contributed by atoms with Crippen LogP contribution in [-0.2, 0) is 14.8 Å². The van der Waals surface area contributed by atoms with Crippen molar-refractivity contribution in [1.29, 1.82) is 0 Å². The fourth-order valence-electron chi connectivity index (χ4n) is 2.75. The molecule has 1 aliphatic rings. The molecule has 0 amide bonds. The zero-order valence-corrected chi connectivity index (χ0v) is 14.3. The molecule has 0 aliphatic carbocycles. The van der Waals surface area contributed by atoms with Gasteiger partial charge in [-0.15, -0.1) is 0 Å². The van der Waals surface area contributed by atoms with E-state index in [2.05, 4.69) is 12.2 Å². The molecule has 6 heteroatoms. The van der Waals surface area contributed by atoms with Crippen LogP contribution in [0.25, 0.3) is 0 Å². The van der Waals surface area contributed by atoms with E-state index in [0.29, 0.717) is 19.5 Å². The molecule has 120 valence electrons. The zero-order valence-electron chi connectivity index (χ0n) is 13.5. The fourth-order valence-corrected chi connectivity index (χ4v) is 4.60. The molecular weight excluding hydrogens is 276 g/mol. The van der Waals surface area contributed by atoms with Gasteiger partial charge in [0.2, 0.25) is 10.0 Å². The first-order chi connectivity index (χ1) is 9.08. The average molecular weight is 306 g/mol. The summed E-state index contributed by atoms with van der Waals surface area (Å²) < 4.78 is 32.4. The highest BCUT2D eigenvalue weighted by atomic mass is 32.2. The summed E-state index contributed by atoms with van der Waals surface area (Å²) in [6.07, 6.45) is 1.59. The molecule has 0 aromatic heterocycles. The van der Waals surface area contributed by atoms with Gasteiger partial charge in [0, 0.05) is 13.1 Å². The monoisotopic (exact) mass is 306 g/mol. The second kappa shape index (κ2) is 6.73. The Hall–Kier alpha value is -0.170. The predicted octanol–water partition coefficient (Wildman–Crippen LogP) is 1.60.